The molecule has 6 heteroatoms. The van der Waals surface area contributed by atoms with Crippen molar-refractivity contribution >= 4 is 11.9 Å². The van der Waals surface area contributed by atoms with Crippen molar-refractivity contribution in [1.82, 2.24) is 10.2 Å². The third-order valence-electron chi connectivity index (χ3n) is 5.48. The molecule has 31 heavy (non-hydrogen) atoms. The van der Waals surface area contributed by atoms with Crippen molar-refractivity contribution in [2.24, 2.45) is 5.92 Å². The number of hydrogen-bond donors (Lipinski definition) is 1. The Bertz CT molecular complexity index is 869. The van der Waals surface area contributed by atoms with Crippen molar-refractivity contribution in [2.75, 3.05) is 26.3 Å². The van der Waals surface area contributed by atoms with Crippen molar-refractivity contribution in [3.05, 3.63) is 71.3 Å². The van der Waals surface area contributed by atoms with E-state index in [0.717, 1.165) is 18.7 Å². The number of ether oxygens (including phenoxy) is 2. The van der Waals surface area contributed by atoms with Crippen molar-refractivity contribution in [2.45, 2.75) is 39.5 Å². The first kappa shape index (κ1) is 23.0. The Morgan fingerprint density at radius 2 is 1.84 bits per heavy atom. The van der Waals surface area contributed by atoms with E-state index in [-0.39, 0.29) is 24.5 Å². The first-order valence-corrected chi connectivity index (χ1v) is 10.8. The lowest BCUT2D eigenvalue weighted by Crippen LogP contribution is -2.48. The lowest BCUT2D eigenvalue weighted by Gasteiger charge is -2.33. The van der Waals surface area contributed by atoms with Gasteiger partial charge >= 0.3 is 5.97 Å². The number of aryl methyl sites for hydroxylation is 1. The molecule has 2 aromatic rings. The van der Waals surface area contributed by atoms with Crippen LogP contribution in [0.2, 0.25) is 0 Å². The van der Waals surface area contributed by atoms with Gasteiger partial charge in [-0.2, -0.15) is 0 Å². The summed E-state index contributed by atoms with van der Waals surface area (Å²) >= 11 is 0. The summed E-state index contributed by atoms with van der Waals surface area (Å²) in [5.74, 6) is -0.792. The molecule has 2 unspecified atom stereocenters. The Kier molecular flexibility index (Phi) is 8.20. The number of morpholine rings is 1. The summed E-state index contributed by atoms with van der Waals surface area (Å²) in [6.45, 7) is 8.82. The zero-order valence-electron chi connectivity index (χ0n) is 18.5. The molecule has 166 valence electrons. The van der Waals surface area contributed by atoms with Crippen LogP contribution < -0.4 is 5.32 Å². The van der Waals surface area contributed by atoms with Gasteiger partial charge in [-0.1, -0.05) is 62.4 Å². The number of carbonyl (C=O) groups is 2. The molecule has 0 saturated carbocycles. The minimum Gasteiger partial charge on any atom is -0.461 e. The van der Waals surface area contributed by atoms with Crippen molar-refractivity contribution in [3.63, 3.8) is 0 Å². The number of nitrogens with zero attached hydrogens (tertiary/aromatic N) is 1. The Hall–Kier alpha value is -2.70. The van der Waals surface area contributed by atoms with Crippen LogP contribution in [-0.2, 0) is 20.8 Å². The van der Waals surface area contributed by atoms with E-state index in [9.17, 15) is 9.59 Å². The van der Waals surface area contributed by atoms with Gasteiger partial charge < -0.3 is 14.8 Å². The fourth-order valence-corrected chi connectivity index (χ4v) is 3.68. The Labute approximate surface area is 184 Å². The first-order chi connectivity index (χ1) is 14.9. The van der Waals surface area contributed by atoms with Gasteiger partial charge in [0.15, 0.2) is 0 Å². The third-order valence-corrected chi connectivity index (χ3v) is 5.48. The molecule has 1 N–H and O–H groups in total. The highest BCUT2D eigenvalue weighted by molar-refractivity contribution is 5.98. The van der Waals surface area contributed by atoms with Crippen LogP contribution in [-0.4, -0.2) is 55.2 Å². The molecule has 2 atom stereocenters. The molecular weight excluding hydrogens is 392 g/mol. The quantitative estimate of drug-likeness (QED) is 0.659. The van der Waals surface area contributed by atoms with Crippen LogP contribution in [0.1, 0.15) is 35.3 Å². The highest BCUT2D eigenvalue weighted by Gasteiger charge is 2.28. The average Bonchev–Trinajstić information content (AvgIpc) is 2.77. The van der Waals surface area contributed by atoms with Crippen molar-refractivity contribution < 1.29 is 19.1 Å². The van der Waals surface area contributed by atoms with Crippen LogP contribution in [0.5, 0.6) is 0 Å². The molecule has 1 fully saturated rings. The molecule has 0 aliphatic carbocycles. The maximum atomic E-state index is 12.7. The van der Waals surface area contributed by atoms with E-state index in [2.05, 4.69) is 22.3 Å². The lowest BCUT2D eigenvalue weighted by molar-refractivity contribution is -0.154. The van der Waals surface area contributed by atoms with Gasteiger partial charge in [-0.05, 0) is 30.0 Å². The normalized spacial score (nSPS) is 17.9. The zero-order chi connectivity index (χ0) is 22.2. The Morgan fingerprint density at radius 1 is 1.13 bits per heavy atom. The fraction of sp³-hybridized carbons (Fsp3) is 0.440. The molecule has 1 amide bonds. The molecule has 0 aromatic heterocycles. The zero-order valence-corrected chi connectivity index (χ0v) is 18.5. The van der Waals surface area contributed by atoms with Crippen LogP contribution in [0.15, 0.2) is 54.6 Å². The molecule has 6 nitrogen and oxygen atoms in total. The van der Waals surface area contributed by atoms with Crippen LogP contribution in [0.25, 0.3) is 0 Å². The van der Waals surface area contributed by atoms with Crippen LogP contribution in [0.4, 0.5) is 0 Å². The third kappa shape index (κ3) is 6.64. The molecule has 3 rings (SSSR count). The van der Waals surface area contributed by atoms with E-state index < -0.39 is 12.0 Å². The number of carbonyl (C=O) groups excluding carboxylic acids is 2. The van der Waals surface area contributed by atoms with E-state index in [1.807, 2.05) is 57.2 Å². The van der Waals surface area contributed by atoms with Crippen LogP contribution >= 0.6 is 0 Å². The van der Waals surface area contributed by atoms with Gasteiger partial charge in [-0.3, -0.25) is 9.69 Å². The highest BCUT2D eigenvalue weighted by Crippen LogP contribution is 2.13. The second-order valence-electron chi connectivity index (χ2n) is 8.35. The minimum atomic E-state index is -0.712. The lowest BCUT2D eigenvalue weighted by atomic mass is 10.0. The summed E-state index contributed by atoms with van der Waals surface area (Å²) in [5.41, 5.74) is 2.68. The molecular formula is C25H32N2O4. The van der Waals surface area contributed by atoms with E-state index >= 15 is 0 Å². The second-order valence-corrected chi connectivity index (χ2v) is 8.35. The van der Waals surface area contributed by atoms with Gasteiger partial charge in [-0.15, -0.1) is 0 Å². The van der Waals surface area contributed by atoms with Crippen LogP contribution in [0, 0.1) is 12.8 Å². The predicted molar refractivity (Wildman–Crippen MR) is 120 cm³/mol. The van der Waals surface area contributed by atoms with Gasteiger partial charge in [-0.25, -0.2) is 4.79 Å². The molecule has 1 saturated heterocycles. The molecule has 0 radical (unpaired) electrons. The smallest absolute Gasteiger partial charge is 0.329 e. The number of benzene rings is 2. The summed E-state index contributed by atoms with van der Waals surface area (Å²) in [4.78, 5) is 27.7. The summed E-state index contributed by atoms with van der Waals surface area (Å²) in [5, 5.41) is 2.84. The van der Waals surface area contributed by atoms with E-state index in [1.54, 1.807) is 6.07 Å². The predicted octanol–water partition coefficient (Wildman–Crippen LogP) is 3.19. The van der Waals surface area contributed by atoms with Gasteiger partial charge in [0, 0.05) is 25.2 Å². The Morgan fingerprint density at radius 3 is 2.55 bits per heavy atom. The number of rotatable bonds is 8. The first-order valence-electron chi connectivity index (χ1n) is 10.8. The monoisotopic (exact) mass is 424 g/mol. The van der Waals surface area contributed by atoms with E-state index in [0.29, 0.717) is 18.7 Å². The number of hydrogen-bond acceptors (Lipinski definition) is 5. The molecule has 0 spiro atoms. The molecule has 2 aromatic carbocycles. The van der Waals surface area contributed by atoms with E-state index in [1.165, 1.54) is 5.56 Å². The fourth-order valence-electron chi connectivity index (χ4n) is 3.68. The van der Waals surface area contributed by atoms with E-state index in [4.69, 9.17) is 9.47 Å². The molecule has 0 bridgehead atoms. The largest absolute Gasteiger partial charge is 0.461 e. The second kappa shape index (κ2) is 11.1. The summed E-state index contributed by atoms with van der Waals surface area (Å²) in [6, 6.07) is 16.9. The van der Waals surface area contributed by atoms with Gasteiger partial charge in [0.2, 0.25) is 0 Å². The van der Waals surface area contributed by atoms with Crippen molar-refractivity contribution in [3.8, 4) is 0 Å². The minimum absolute atomic E-state index is 0.0951. The number of esters is 1. The maximum Gasteiger partial charge on any atom is 0.329 e. The Balaban J connectivity index is 1.52. The van der Waals surface area contributed by atoms with Crippen LogP contribution in [0.3, 0.4) is 0 Å². The standard InChI is InChI=1S/C25H32N2O4/c1-18(2)23(26-24(28)22-12-8-7-9-19(22)3)25(29)31-17-21-16-27(13-14-30-21)15-20-10-5-4-6-11-20/h4-12,18,21,23H,13-17H2,1-3H3,(H,26,28). The highest BCUT2D eigenvalue weighted by atomic mass is 16.6. The average molecular weight is 425 g/mol. The molecule has 1 aliphatic heterocycles. The summed E-state index contributed by atoms with van der Waals surface area (Å²) in [6.07, 6.45) is -0.179. The molecule has 1 aliphatic rings. The molecule has 1 heterocycles. The topological polar surface area (TPSA) is 67.9 Å². The van der Waals surface area contributed by atoms with Gasteiger partial charge in [0.05, 0.1) is 6.61 Å². The summed E-state index contributed by atoms with van der Waals surface area (Å²) < 4.78 is 11.4. The number of nitrogens with one attached hydrogen (secondary N) is 1. The van der Waals surface area contributed by atoms with Gasteiger partial charge in [0.25, 0.3) is 5.91 Å². The maximum absolute atomic E-state index is 12.7. The SMILES string of the molecule is Cc1ccccc1C(=O)NC(C(=O)OCC1CN(Cc2ccccc2)CCO1)C(C)C. The number of amides is 1. The van der Waals surface area contributed by atoms with Gasteiger partial charge in [0.1, 0.15) is 18.8 Å². The van der Waals surface area contributed by atoms with Crippen molar-refractivity contribution in [1.29, 1.82) is 0 Å². The summed E-state index contributed by atoms with van der Waals surface area (Å²) in [7, 11) is 0.